The quantitative estimate of drug-likeness (QED) is 0.701. The van der Waals surface area contributed by atoms with Crippen LogP contribution in [0.5, 0.6) is 0 Å². The van der Waals surface area contributed by atoms with Gasteiger partial charge in [-0.25, -0.2) is 0 Å². The molecule has 13 heavy (non-hydrogen) atoms. The second-order valence-electron chi connectivity index (χ2n) is 3.60. The van der Waals surface area contributed by atoms with Crippen molar-refractivity contribution in [2.24, 2.45) is 0 Å². The molecule has 0 amide bonds. The molecule has 0 radical (unpaired) electrons. The summed E-state index contributed by atoms with van der Waals surface area (Å²) in [5.74, 6) is 1.82. The molecule has 2 rings (SSSR count). The maximum absolute atomic E-state index is 5.31. The first-order valence-electron chi connectivity index (χ1n) is 4.99. The predicted octanol–water partition coefficient (Wildman–Crippen LogP) is 2.76. The second kappa shape index (κ2) is 4.18. The molecule has 0 bridgehead atoms. The Bertz CT molecular complexity index is 282. The third-order valence-electron chi connectivity index (χ3n) is 2.68. The highest BCUT2D eigenvalue weighted by Gasteiger charge is 2.15. The molecule has 0 fully saturated rings. The molecule has 1 aliphatic carbocycles. The average Bonchev–Trinajstić information content (AvgIpc) is 2.46. The van der Waals surface area contributed by atoms with Crippen LogP contribution in [-0.2, 0) is 18.6 Å². The average molecular weight is 197 g/mol. The van der Waals surface area contributed by atoms with Crippen LogP contribution in [0.4, 0.5) is 0 Å². The molecule has 1 aromatic rings. The summed E-state index contributed by atoms with van der Waals surface area (Å²) in [7, 11) is 0. The fraction of sp³-hybridized carbons (Fsp3) is 0.700. The Morgan fingerprint density at radius 2 is 1.92 bits per heavy atom. The molecule has 0 saturated heterocycles. The van der Waals surface area contributed by atoms with E-state index in [0.29, 0.717) is 5.75 Å². The van der Waals surface area contributed by atoms with E-state index < -0.39 is 0 Å². The summed E-state index contributed by atoms with van der Waals surface area (Å²) >= 11 is 4.25. The van der Waals surface area contributed by atoms with Gasteiger partial charge in [0.1, 0.15) is 5.76 Å². The molecular formula is C10H15NOS. The summed E-state index contributed by atoms with van der Waals surface area (Å²) in [6.07, 6.45) is 7.39. The van der Waals surface area contributed by atoms with Crippen LogP contribution in [0.3, 0.4) is 0 Å². The fourth-order valence-electron chi connectivity index (χ4n) is 1.93. The highest BCUT2D eigenvalue weighted by Crippen LogP contribution is 2.23. The van der Waals surface area contributed by atoms with Crippen molar-refractivity contribution in [1.29, 1.82) is 0 Å². The lowest BCUT2D eigenvalue weighted by atomic mass is 9.98. The maximum atomic E-state index is 5.31. The summed E-state index contributed by atoms with van der Waals surface area (Å²) in [5.41, 5.74) is 2.40. The number of rotatable bonds is 1. The van der Waals surface area contributed by atoms with Crippen molar-refractivity contribution in [3.63, 3.8) is 0 Å². The van der Waals surface area contributed by atoms with Crippen LogP contribution >= 0.6 is 12.6 Å². The monoisotopic (exact) mass is 197 g/mol. The van der Waals surface area contributed by atoms with Crippen molar-refractivity contribution >= 4 is 12.6 Å². The van der Waals surface area contributed by atoms with E-state index in [1.807, 2.05) is 0 Å². The minimum Gasteiger partial charge on any atom is -0.361 e. The van der Waals surface area contributed by atoms with Crippen molar-refractivity contribution in [3.8, 4) is 0 Å². The van der Waals surface area contributed by atoms with E-state index in [0.717, 1.165) is 24.3 Å². The summed E-state index contributed by atoms with van der Waals surface area (Å²) in [4.78, 5) is 0. The highest BCUT2D eigenvalue weighted by atomic mass is 32.1. The Morgan fingerprint density at radius 3 is 2.69 bits per heavy atom. The molecule has 0 aliphatic heterocycles. The fourth-order valence-corrected chi connectivity index (χ4v) is 2.18. The lowest BCUT2D eigenvalue weighted by Gasteiger charge is -2.07. The topological polar surface area (TPSA) is 26.0 Å². The molecule has 0 atom stereocenters. The molecule has 2 nitrogen and oxygen atoms in total. The molecule has 0 saturated carbocycles. The van der Waals surface area contributed by atoms with Crippen molar-refractivity contribution in [2.75, 3.05) is 0 Å². The second-order valence-corrected chi connectivity index (χ2v) is 3.92. The normalized spacial score (nSPS) is 17.6. The van der Waals surface area contributed by atoms with E-state index >= 15 is 0 Å². The molecular weight excluding hydrogens is 182 g/mol. The molecule has 3 heteroatoms. The summed E-state index contributed by atoms with van der Waals surface area (Å²) in [6, 6.07) is 0. The van der Waals surface area contributed by atoms with E-state index in [1.54, 1.807) is 0 Å². The van der Waals surface area contributed by atoms with Crippen LogP contribution < -0.4 is 0 Å². The number of aromatic nitrogens is 1. The third kappa shape index (κ3) is 1.90. The van der Waals surface area contributed by atoms with E-state index in [1.165, 1.54) is 31.2 Å². The Kier molecular flexibility index (Phi) is 2.94. The molecule has 1 aromatic heterocycles. The third-order valence-corrected chi connectivity index (χ3v) is 2.98. The maximum Gasteiger partial charge on any atom is 0.140 e. The number of nitrogens with zero attached hydrogens (tertiary/aromatic N) is 1. The molecule has 72 valence electrons. The van der Waals surface area contributed by atoms with Crippen molar-refractivity contribution in [2.45, 2.75) is 44.3 Å². The van der Waals surface area contributed by atoms with Gasteiger partial charge in [0.05, 0.1) is 5.69 Å². The van der Waals surface area contributed by atoms with E-state index in [9.17, 15) is 0 Å². The largest absolute Gasteiger partial charge is 0.361 e. The first-order chi connectivity index (χ1) is 6.42. The summed E-state index contributed by atoms with van der Waals surface area (Å²) < 4.78 is 5.31. The molecule has 0 N–H and O–H groups in total. The van der Waals surface area contributed by atoms with Gasteiger partial charge in [0.25, 0.3) is 0 Å². The first kappa shape index (κ1) is 9.13. The van der Waals surface area contributed by atoms with Crippen molar-refractivity contribution < 1.29 is 4.52 Å². The van der Waals surface area contributed by atoms with Gasteiger partial charge >= 0.3 is 0 Å². The lowest BCUT2D eigenvalue weighted by molar-refractivity contribution is 0.371. The number of thiol groups is 1. The van der Waals surface area contributed by atoms with E-state index in [-0.39, 0.29) is 0 Å². The van der Waals surface area contributed by atoms with Crippen LogP contribution in [0.25, 0.3) is 0 Å². The van der Waals surface area contributed by atoms with Crippen LogP contribution in [0.1, 0.15) is 42.7 Å². The van der Waals surface area contributed by atoms with Crippen LogP contribution in [-0.4, -0.2) is 5.16 Å². The van der Waals surface area contributed by atoms with Crippen LogP contribution in [0.15, 0.2) is 4.52 Å². The van der Waals surface area contributed by atoms with Gasteiger partial charge in [-0.3, -0.25) is 0 Å². The molecule has 0 aromatic carbocycles. The zero-order valence-electron chi connectivity index (χ0n) is 7.75. The zero-order valence-corrected chi connectivity index (χ0v) is 8.65. The smallest absolute Gasteiger partial charge is 0.140 e. The van der Waals surface area contributed by atoms with Gasteiger partial charge in [-0.15, -0.1) is 0 Å². The number of hydrogen-bond acceptors (Lipinski definition) is 3. The minimum absolute atomic E-state index is 0.707. The van der Waals surface area contributed by atoms with Crippen molar-refractivity contribution in [1.82, 2.24) is 5.16 Å². The van der Waals surface area contributed by atoms with Crippen molar-refractivity contribution in [3.05, 3.63) is 17.0 Å². The van der Waals surface area contributed by atoms with Gasteiger partial charge in [0.2, 0.25) is 0 Å². The van der Waals surface area contributed by atoms with Gasteiger partial charge in [-0.2, -0.15) is 12.6 Å². The van der Waals surface area contributed by atoms with Gasteiger partial charge < -0.3 is 4.52 Å². The van der Waals surface area contributed by atoms with E-state index in [2.05, 4.69) is 17.8 Å². The Balaban J connectivity index is 2.25. The Labute approximate surface area is 84.1 Å². The van der Waals surface area contributed by atoms with E-state index in [4.69, 9.17) is 4.52 Å². The Hall–Kier alpha value is -0.440. The molecule has 1 heterocycles. The number of hydrogen-bond donors (Lipinski definition) is 1. The minimum atomic E-state index is 0.707. The molecule has 0 unspecified atom stereocenters. The molecule has 0 spiro atoms. The standard InChI is InChI=1S/C10H15NOS/c13-7-9-8-5-3-1-2-4-6-10(8)12-11-9/h13H,1-7H2. The van der Waals surface area contributed by atoms with Crippen LogP contribution in [0.2, 0.25) is 0 Å². The lowest BCUT2D eigenvalue weighted by Crippen LogP contribution is -1.98. The first-order valence-corrected chi connectivity index (χ1v) is 5.62. The SMILES string of the molecule is SCc1noc2c1CCCCCC2. The Morgan fingerprint density at radius 1 is 1.15 bits per heavy atom. The zero-order chi connectivity index (χ0) is 9.10. The number of aryl methyl sites for hydroxylation is 1. The van der Waals surface area contributed by atoms with Crippen LogP contribution in [0, 0.1) is 0 Å². The predicted molar refractivity (Wildman–Crippen MR) is 55.1 cm³/mol. The summed E-state index contributed by atoms with van der Waals surface area (Å²) in [5, 5.41) is 4.05. The number of fused-ring (bicyclic) bond motifs is 1. The van der Waals surface area contributed by atoms with Gasteiger partial charge in [-0.1, -0.05) is 18.0 Å². The van der Waals surface area contributed by atoms with Gasteiger partial charge in [0.15, 0.2) is 0 Å². The summed E-state index contributed by atoms with van der Waals surface area (Å²) in [6.45, 7) is 0. The van der Waals surface area contributed by atoms with Gasteiger partial charge in [0, 0.05) is 17.7 Å². The highest BCUT2D eigenvalue weighted by molar-refractivity contribution is 7.79. The van der Waals surface area contributed by atoms with Gasteiger partial charge in [-0.05, 0) is 19.3 Å². The molecule has 1 aliphatic rings.